The second-order valence-corrected chi connectivity index (χ2v) is 6.54. The summed E-state index contributed by atoms with van der Waals surface area (Å²) < 4.78 is 2.88. The molecule has 1 aromatic carbocycles. The van der Waals surface area contributed by atoms with Gasteiger partial charge in [0.1, 0.15) is 0 Å². The molecule has 0 radical (unpaired) electrons. The molecule has 0 N–H and O–H groups in total. The molecule has 4 heteroatoms. The summed E-state index contributed by atoms with van der Waals surface area (Å²) in [6.45, 7) is 6.86. The number of carbonyl (C=O) groups is 1. The topological polar surface area (TPSA) is 34.9 Å². The molecule has 0 aliphatic carbocycles. The number of hydrogen-bond acceptors (Lipinski definition) is 2. The molecule has 0 saturated carbocycles. The Labute approximate surface area is 121 Å². The Morgan fingerprint density at radius 3 is 2.37 bits per heavy atom. The first-order valence-corrected chi connectivity index (χ1v) is 6.97. The van der Waals surface area contributed by atoms with Gasteiger partial charge in [-0.3, -0.25) is 9.48 Å². The van der Waals surface area contributed by atoms with E-state index in [0.29, 0.717) is 12.1 Å². The highest BCUT2D eigenvalue weighted by Gasteiger charge is 2.22. The smallest absolute Gasteiger partial charge is 0.153 e. The first-order chi connectivity index (χ1) is 8.90. The predicted molar refractivity (Wildman–Crippen MR) is 79.6 cm³/mol. The van der Waals surface area contributed by atoms with Crippen molar-refractivity contribution in [3.63, 3.8) is 0 Å². The Morgan fingerprint density at radius 2 is 1.89 bits per heavy atom. The van der Waals surface area contributed by atoms with Crippen LogP contribution in [0.15, 0.2) is 34.9 Å². The fourth-order valence-corrected chi connectivity index (χ4v) is 2.23. The molecule has 0 bridgehead atoms. The third-order valence-electron chi connectivity index (χ3n) is 2.89. The van der Waals surface area contributed by atoms with E-state index >= 15 is 0 Å². The molecule has 0 aliphatic heterocycles. The van der Waals surface area contributed by atoms with E-state index in [0.717, 1.165) is 22.0 Å². The second-order valence-electron chi connectivity index (χ2n) is 5.62. The van der Waals surface area contributed by atoms with Crippen LogP contribution in [0.5, 0.6) is 0 Å². The summed E-state index contributed by atoms with van der Waals surface area (Å²) in [7, 11) is 0. The van der Waals surface area contributed by atoms with Crippen molar-refractivity contribution in [2.45, 2.75) is 32.7 Å². The number of rotatable bonds is 3. The highest BCUT2D eigenvalue weighted by atomic mass is 79.9. The van der Waals surface area contributed by atoms with Gasteiger partial charge in [-0.05, 0) is 17.7 Å². The second kappa shape index (κ2) is 5.29. The van der Waals surface area contributed by atoms with Crippen LogP contribution in [0.4, 0.5) is 0 Å². The number of hydrogen-bond donors (Lipinski definition) is 0. The minimum absolute atomic E-state index is 0.124. The predicted octanol–water partition coefficient (Wildman–Crippen LogP) is 3.80. The first-order valence-electron chi connectivity index (χ1n) is 6.17. The Bertz CT molecular complexity index is 579. The summed E-state index contributed by atoms with van der Waals surface area (Å²) in [5, 5.41) is 4.54. The zero-order valence-corrected chi connectivity index (χ0v) is 12.9. The average Bonchev–Trinajstić information content (AvgIpc) is 2.75. The van der Waals surface area contributed by atoms with Gasteiger partial charge in [0.15, 0.2) is 6.29 Å². The monoisotopic (exact) mass is 320 g/mol. The molecule has 2 aromatic rings. The van der Waals surface area contributed by atoms with Crippen LogP contribution in [0.2, 0.25) is 0 Å². The molecule has 100 valence electrons. The van der Waals surface area contributed by atoms with Crippen molar-refractivity contribution in [2.24, 2.45) is 0 Å². The van der Waals surface area contributed by atoms with Crippen molar-refractivity contribution in [1.29, 1.82) is 0 Å². The summed E-state index contributed by atoms with van der Waals surface area (Å²) in [5.74, 6) is 0. The van der Waals surface area contributed by atoms with E-state index in [1.807, 2.05) is 35.1 Å². The number of nitrogens with zero attached hydrogens (tertiary/aromatic N) is 2. The van der Waals surface area contributed by atoms with Crippen molar-refractivity contribution < 1.29 is 4.79 Å². The Kier molecular flexibility index (Phi) is 3.90. The number of aldehydes is 1. The molecule has 0 amide bonds. The van der Waals surface area contributed by atoms with Crippen LogP contribution in [0.1, 0.15) is 42.4 Å². The number of aromatic nitrogens is 2. The number of halogens is 1. The largest absolute Gasteiger partial charge is 0.298 e. The van der Waals surface area contributed by atoms with Gasteiger partial charge in [0.2, 0.25) is 0 Å². The molecule has 0 aliphatic rings. The lowest BCUT2D eigenvalue weighted by Gasteiger charge is -2.15. The van der Waals surface area contributed by atoms with E-state index in [-0.39, 0.29) is 5.41 Å². The molecule has 2 rings (SSSR count). The van der Waals surface area contributed by atoms with Gasteiger partial charge in [-0.2, -0.15) is 5.10 Å². The molecule has 3 nitrogen and oxygen atoms in total. The molecule has 0 atom stereocenters. The SMILES string of the molecule is CC(C)(C)c1nn(Cc2ccc(Br)cc2)cc1C=O. The van der Waals surface area contributed by atoms with Gasteiger partial charge < -0.3 is 0 Å². The fourth-order valence-electron chi connectivity index (χ4n) is 1.96. The van der Waals surface area contributed by atoms with Crippen molar-refractivity contribution in [3.05, 3.63) is 51.8 Å². The van der Waals surface area contributed by atoms with Crippen LogP contribution in [0.3, 0.4) is 0 Å². The summed E-state index contributed by atoms with van der Waals surface area (Å²) >= 11 is 3.42. The quantitative estimate of drug-likeness (QED) is 0.806. The fraction of sp³-hybridized carbons (Fsp3) is 0.333. The lowest BCUT2D eigenvalue weighted by Crippen LogP contribution is -2.15. The van der Waals surface area contributed by atoms with E-state index < -0.39 is 0 Å². The van der Waals surface area contributed by atoms with Gasteiger partial charge in [-0.1, -0.05) is 48.8 Å². The minimum Gasteiger partial charge on any atom is -0.298 e. The third kappa shape index (κ3) is 3.32. The summed E-state index contributed by atoms with van der Waals surface area (Å²) in [6, 6.07) is 8.10. The van der Waals surface area contributed by atoms with Crippen molar-refractivity contribution in [3.8, 4) is 0 Å². The van der Waals surface area contributed by atoms with Gasteiger partial charge in [-0.15, -0.1) is 0 Å². The van der Waals surface area contributed by atoms with Gasteiger partial charge in [0.05, 0.1) is 17.8 Å². The van der Waals surface area contributed by atoms with Crippen LogP contribution in [-0.2, 0) is 12.0 Å². The highest BCUT2D eigenvalue weighted by molar-refractivity contribution is 9.10. The van der Waals surface area contributed by atoms with E-state index in [4.69, 9.17) is 0 Å². The van der Waals surface area contributed by atoms with Gasteiger partial charge >= 0.3 is 0 Å². The van der Waals surface area contributed by atoms with Crippen LogP contribution >= 0.6 is 15.9 Å². The molecular formula is C15H17BrN2O. The molecule has 0 fully saturated rings. The lowest BCUT2D eigenvalue weighted by molar-refractivity contribution is 0.112. The van der Waals surface area contributed by atoms with Crippen molar-refractivity contribution in [1.82, 2.24) is 9.78 Å². The third-order valence-corrected chi connectivity index (χ3v) is 3.41. The maximum atomic E-state index is 11.1. The van der Waals surface area contributed by atoms with E-state index in [1.54, 1.807) is 0 Å². The molecule has 0 saturated heterocycles. The van der Waals surface area contributed by atoms with Crippen molar-refractivity contribution in [2.75, 3.05) is 0 Å². The molecule has 1 heterocycles. The van der Waals surface area contributed by atoms with E-state index in [9.17, 15) is 4.79 Å². The lowest BCUT2D eigenvalue weighted by atomic mass is 9.90. The Morgan fingerprint density at radius 1 is 1.26 bits per heavy atom. The van der Waals surface area contributed by atoms with Gasteiger partial charge in [0, 0.05) is 16.1 Å². The summed E-state index contributed by atoms with van der Waals surface area (Å²) in [5.41, 5.74) is 2.55. The van der Waals surface area contributed by atoms with Gasteiger partial charge in [0.25, 0.3) is 0 Å². The number of benzene rings is 1. The standard InChI is InChI=1S/C15H17BrN2O/c1-15(2,3)14-12(10-19)9-18(17-14)8-11-4-6-13(16)7-5-11/h4-7,9-10H,8H2,1-3H3. The Hall–Kier alpha value is -1.42. The Balaban J connectivity index is 2.29. The number of carbonyl (C=O) groups excluding carboxylic acids is 1. The maximum Gasteiger partial charge on any atom is 0.153 e. The summed E-state index contributed by atoms with van der Waals surface area (Å²) in [6.07, 6.45) is 2.70. The van der Waals surface area contributed by atoms with Gasteiger partial charge in [-0.25, -0.2) is 0 Å². The zero-order valence-electron chi connectivity index (χ0n) is 11.4. The average molecular weight is 321 g/mol. The summed E-state index contributed by atoms with van der Waals surface area (Å²) in [4.78, 5) is 11.1. The molecular weight excluding hydrogens is 304 g/mol. The molecule has 19 heavy (non-hydrogen) atoms. The minimum atomic E-state index is -0.124. The van der Waals surface area contributed by atoms with E-state index in [1.165, 1.54) is 0 Å². The highest BCUT2D eigenvalue weighted by Crippen LogP contribution is 2.23. The molecule has 0 spiro atoms. The normalized spacial score (nSPS) is 11.6. The maximum absolute atomic E-state index is 11.1. The first kappa shape index (κ1) is 14.0. The van der Waals surface area contributed by atoms with Crippen LogP contribution in [0, 0.1) is 0 Å². The van der Waals surface area contributed by atoms with Crippen LogP contribution in [-0.4, -0.2) is 16.1 Å². The molecule has 0 unspecified atom stereocenters. The van der Waals surface area contributed by atoms with E-state index in [2.05, 4.69) is 41.8 Å². The van der Waals surface area contributed by atoms with Crippen LogP contribution < -0.4 is 0 Å². The van der Waals surface area contributed by atoms with Crippen molar-refractivity contribution >= 4 is 22.2 Å². The van der Waals surface area contributed by atoms with Crippen LogP contribution in [0.25, 0.3) is 0 Å². The zero-order chi connectivity index (χ0) is 14.0. The molecule has 1 aromatic heterocycles.